The Kier molecular flexibility index (Phi) is 4.15. The summed E-state index contributed by atoms with van der Waals surface area (Å²) >= 11 is 1.52. The van der Waals surface area contributed by atoms with Crippen LogP contribution in [-0.2, 0) is 23.5 Å². The molecule has 3 N–H and O–H groups in total. The van der Waals surface area contributed by atoms with Crippen molar-refractivity contribution >= 4 is 17.7 Å². The molecule has 0 aliphatic carbocycles. The summed E-state index contributed by atoms with van der Waals surface area (Å²) < 4.78 is 1.62. The van der Waals surface area contributed by atoms with Crippen molar-refractivity contribution in [3.05, 3.63) is 11.6 Å². The van der Waals surface area contributed by atoms with E-state index >= 15 is 0 Å². The average molecular weight is 284 g/mol. The summed E-state index contributed by atoms with van der Waals surface area (Å²) in [6.45, 7) is 4.66. The minimum Gasteiger partial charge on any atom is -0.480 e. The maximum atomic E-state index is 11.0. The lowest BCUT2D eigenvalue weighted by atomic mass is 10.1. The van der Waals surface area contributed by atoms with Crippen LogP contribution in [-0.4, -0.2) is 36.6 Å². The molecule has 0 unspecified atom stereocenters. The number of nitrogens with zero attached hydrogens (tertiary/aromatic N) is 3. The van der Waals surface area contributed by atoms with E-state index in [1.165, 1.54) is 18.2 Å². The van der Waals surface area contributed by atoms with Gasteiger partial charge in [-0.2, -0.15) is 0 Å². The van der Waals surface area contributed by atoms with Crippen LogP contribution in [0, 0.1) is 0 Å². The first-order valence-corrected chi connectivity index (χ1v) is 7.43. The van der Waals surface area contributed by atoms with E-state index in [0.29, 0.717) is 5.75 Å². The third kappa shape index (κ3) is 3.09. The Balaban J connectivity index is 2.02. The van der Waals surface area contributed by atoms with Crippen molar-refractivity contribution in [2.75, 3.05) is 0 Å². The summed E-state index contributed by atoms with van der Waals surface area (Å²) in [5, 5.41) is 17.4. The molecule has 2 heterocycles. The molecule has 1 aliphatic rings. The van der Waals surface area contributed by atoms with Crippen molar-refractivity contribution in [2.45, 2.75) is 56.2 Å². The first-order chi connectivity index (χ1) is 8.92. The topological polar surface area (TPSA) is 94.0 Å². The first-order valence-electron chi connectivity index (χ1n) is 6.45. The fraction of sp³-hybridized carbons (Fsp3) is 0.750. The van der Waals surface area contributed by atoms with Crippen molar-refractivity contribution in [1.29, 1.82) is 0 Å². The Bertz CT molecular complexity index is 472. The van der Waals surface area contributed by atoms with Gasteiger partial charge in [-0.1, -0.05) is 0 Å². The standard InChI is InChI=1S/C12H20N4O2S/c1-12(2,10(13)11(17)18)19-7-9-15-14-8-5-3-4-6-16(8)9/h10H,3-7,13H2,1-2H3,(H,17,18)/t10-/m1/s1. The third-order valence-electron chi connectivity index (χ3n) is 3.52. The molecule has 106 valence electrons. The molecule has 7 heteroatoms. The highest BCUT2D eigenvalue weighted by atomic mass is 32.2. The third-order valence-corrected chi connectivity index (χ3v) is 4.92. The summed E-state index contributed by atoms with van der Waals surface area (Å²) in [6.07, 6.45) is 3.30. The van der Waals surface area contributed by atoms with Gasteiger partial charge in [-0.25, -0.2) is 0 Å². The van der Waals surface area contributed by atoms with Gasteiger partial charge in [0, 0.05) is 17.7 Å². The molecule has 0 spiro atoms. The van der Waals surface area contributed by atoms with E-state index in [4.69, 9.17) is 10.8 Å². The van der Waals surface area contributed by atoms with E-state index in [2.05, 4.69) is 14.8 Å². The number of hydrogen-bond donors (Lipinski definition) is 2. The van der Waals surface area contributed by atoms with Gasteiger partial charge in [0.1, 0.15) is 17.7 Å². The summed E-state index contributed by atoms with van der Waals surface area (Å²) in [4.78, 5) is 11.0. The van der Waals surface area contributed by atoms with Crippen LogP contribution in [0.5, 0.6) is 0 Å². The number of carboxylic acids is 1. The Morgan fingerprint density at radius 2 is 2.26 bits per heavy atom. The van der Waals surface area contributed by atoms with Crippen LogP contribution in [0.15, 0.2) is 0 Å². The number of carboxylic acid groups (broad SMARTS) is 1. The van der Waals surface area contributed by atoms with Gasteiger partial charge in [-0.3, -0.25) is 4.79 Å². The molecule has 0 radical (unpaired) electrons. The van der Waals surface area contributed by atoms with E-state index in [1.807, 2.05) is 13.8 Å². The largest absolute Gasteiger partial charge is 0.480 e. The van der Waals surface area contributed by atoms with Gasteiger partial charge in [0.25, 0.3) is 0 Å². The molecule has 0 fully saturated rings. The van der Waals surface area contributed by atoms with E-state index in [0.717, 1.165) is 31.0 Å². The predicted octanol–water partition coefficient (Wildman–Crippen LogP) is 1.04. The fourth-order valence-electron chi connectivity index (χ4n) is 2.11. The SMILES string of the molecule is CC(C)(SCc1nnc2n1CCCC2)[C@H](N)C(=O)O. The monoisotopic (exact) mass is 284 g/mol. The molecule has 0 amide bonds. The lowest BCUT2D eigenvalue weighted by Crippen LogP contribution is -2.46. The van der Waals surface area contributed by atoms with Crippen LogP contribution >= 0.6 is 11.8 Å². The van der Waals surface area contributed by atoms with Gasteiger partial charge >= 0.3 is 5.97 Å². The molecule has 0 saturated heterocycles. The second kappa shape index (κ2) is 5.50. The van der Waals surface area contributed by atoms with Crippen molar-refractivity contribution in [3.8, 4) is 0 Å². The molecule has 0 aromatic carbocycles. The quantitative estimate of drug-likeness (QED) is 0.839. The van der Waals surface area contributed by atoms with E-state index in [1.54, 1.807) is 0 Å². The zero-order valence-electron chi connectivity index (χ0n) is 11.3. The Labute approximate surface area is 116 Å². The normalized spacial score (nSPS) is 17.0. The van der Waals surface area contributed by atoms with E-state index in [-0.39, 0.29) is 0 Å². The van der Waals surface area contributed by atoms with Crippen LogP contribution < -0.4 is 5.73 Å². The van der Waals surface area contributed by atoms with Crippen molar-refractivity contribution in [1.82, 2.24) is 14.8 Å². The Morgan fingerprint density at radius 3 is 2.95 bits per heavy atom. The molecule has 1 atom stereocenters. The Morgan fingerprint density at radius 1 is 1.53 bits per heavy atom. The maximum absolute atomic E-state index is 11.0. The number of thioether (sulfide) groups is 1. The summed E-state index contributed by atoms with van der Waals surface area (Å²) in [6, 6.07) is -0.888. The first kappa shape index (κ1) is 14.3. The van der Waals surface area contributed by atoms with Crippen LogP contribution in [0.2, 0.25) is 0 Å². The molecule has 1 aromatic heterocycles. The highest BCUT2D eigenvalue weighted by Gasteiger charge is 2.33. The highest BCUT2D eigenvalue weighted by Crippen LogP contribution is 2.30. The minimum atomic E-state index is -0.972. The number of hydrogen-bond acceptors (Lipinski definition) is 5. The van der Waals surface area contributed by atoms with Gasteiger partial charge < -0.3 is 15.4 Å². The van der Waals surface area contributed by atoms with Gasteiger partial charge in [0.15, 0.2) is 0 Å². The lowest BCUT2D eigenvalue weighted by molar-refractivity contribution is -0.139. The van der Waals surface area contributed by atoms with Crippen molar-refractivity contribution in [3.63, 3.8) is 0 Å². The highest BCUT2D eigenvalue weighted by molar-refractivity contribution is 7.99. The second-order valence-electron chi connectivity index (χ2n) is 5.35. The summed E-state index contributed by atoms with van der Waals surface area (Å²) in [7, 11) is 0. The molecule has 6 nitrogen and oxygen atoms in total. The molecular weight excluding hydrogens is 264 g/mol. The van der Waals surface area contributed by atoms with E-state index < -0.39 is 16.8 Å². The van der Waals surface area contributed by atoms with Crippen LogP contribution in [0.3, 0.4) is 0 Å². The number of aryl methyl sites for hydroxylation is 1. The number of aromatic nitrogens is 3. The van der Waals surface area contributed by atoms with Crippen molar-refractivity contribution in [2.24, 2.45) is 5.73 Å². The maximum Gasteiger partial charge on any atom is 0.321 e. The van der Waals surface area contributed by atoms with Crippen LogP contribution in [0.1, 0.15) is 38.3 Å². The molecule has 0 saturated carbocycles. The van der Waals surface area contributed by atoms with Crippen LogP contribution in [0.25, 0.3) is 0 Å². The van der Waals surface area contributed by atoms with Crippen molar-refractivity contribution < 1.29 is 9.90 Å². The van der Waals surface area contributed by atoms with E-state index in [9.17, 15) is 4.79 Å². The number of nitrogens with two attached hydrogens (primary N) is 1. The zero-order valence-corrected chi connectivity index (χ0v) is 12.1. The molecule has 0 bridgehead atoms. The minimum absolute atomic E-state index is 0.535. The van der Waals surface area contributed by atoms with Crippen LogP contribution in [0.4, 0.5) is 0 Å². The fourth-order valence-corrected chi connectivity index (χ4v) is 3.11. The molecule has 2 rings (SSSR count). The predicted molar refractivity (Wildman–Crippen MR) is 73.9 cm³/mol. The summed E-state index contributed by atoms with van der Waals surface area (Å²) in [5.74, 6) is 1.63. The van der Waals surface area contributed by atoms with Gasteiger partial charge in [0.2, 0.25) is 0 Å². The lowest BCUT2D eigenvalue weighted by Gasteiger charge is -2.28. The van der Waals surface area contributed by atoms with Gasteiger partial charge in [0.05, 0.1) is 5.75 Å². The second-order valence-corrected chi connectivity index (χ2v) is 6.98. The molecule has 1 aromatic rings. The number of rotatable bonds is 5. The van der Waals surface area contributed by atoms with Gasteiger partial charge in [-0.15, -0.1) is 22.0 Å². The molecule has 19 heavy (non-hydrogen) atoms. The average Bonchev–Trinajstić information content (AvgIpc) is 2.78. The number of fused-ring (bicyclic) bond motifs is 1. The zero-order chi connectivity index (χ0) is 14.0. The summed E-state index contributed by atoms with van der Waals surface area (Å²) in [5.41, 5.74) is 5.71. The molecule has 1 aliphatic heterocycles. The number of aliphatic carboxylic acids is 1. The Hall–Kier alpha value is -1.08. The number of carbonyl (C=O) groups is 1. The van der Waals surface area contributed by atoms with Gasteiger partial charge in [-0.05, 0) is 26.7 Å². The molecular formula is C12H20N4O2S. The smallest absolute Gasteiger partial charge is 0.321 e.